The number of hydrogen-bond acceptors (Lipinski definition) is 5. The summed E-state index contributed by atoms with van der Waals surface area (Å²) in [5, 5.41) is 0. The van der Waals surface area contributed by atoms with E-state index in [1.54, 1.807) is 0 Å². The van der Waals surface area contributed by atoms with Crippen molar-refractivity contribution in [2.75, 3.05) is 13.2 Å². The van der Waals surface area contributed by atoms with Crippen molar-refractivity contribution >= 4 is 5.97 Å². The van der Waals surface area contributed by atoms with E-state index in [1.807, 2.05) is 0 Å². The van der Waals surface area contributed by atoms with Gasteiger partial charge in [-0.25, -0.2) is 9.78 Å². The lowest BCUT2D eigenvalue weighted by atomic mass is 10.1. The quantitative estimate of drug-likeness (QED) is 0.800. The van der Waals surface area contributed by atoms with Crippen molar-refractivity contribution in [2.24, 2.45) is 0 Å². The lowest BCUT2D eigenvalue weighted by Crippen LogP contribution is -2.21. The molecule has 0 radical (unpaired) electrons. The zero-order chi connectivity index (χ0) is 15.5. The van der Waals surface area contributed by atoms with Gasteiger partial charge in [0.05, 0.1) is 19.1 Å². The molecule has 0 aromatic carbocycles. The first-order valence-electron chi connectivity index (χ1n) is 6.77. The van der Waals surface area contributed by atoms with Gasteiger partial charge in [0.25, 0.3) is 0 Å². The summed E-state index contributed by atoms with van der Waals surface area (Å²) in [6, 6.07) is 0. The molecule has 1 aromatic heterocycles. The van der Waals surface area contributed by atoms with Crippen LogP contribution < -0.4 is 0 Å². The van der Waals surface area contributed by atoms with E-state index in [2.05, 4.69) is 9.72 Å². The van der Waals surface area contributed by atoms with Crippen LogP contribution in [0.5, 0.6) is 0 Å². The summed E-state index contributed by atoms with van der Waals surface area (Å²) in [4.78, 5) is 14.9. The molecule has 1 aromatic rings. The topological polar surface area (TPSA) is 61.6 Å². The SMILES string of the molecule is CCOC(=O)c1oc(CC2CCCCO2)nc1C(F)(F)F. The number of rotatable bonds is 4. The van der Waals surface area contributed by atoms with E-state index in [-0.39, 0.29) is 25.0 Å². The number of carbonyl (C=O) groups is 1. The highest BCUT2D eigenvalue weighted by Gasteiger charge is 2.42. The standard InChI is InChI=1S/C13H16F3NO4/c1-2-19-12(18)10-11(13(14,15)16)17-9(21-10)7-8-5-3-4-6-20-8/h8H,2-7H2,1H3. The van der Waals surface area contributed by atoms with Crippen LogP contribution in [0.4, 0.5) is 13.2 Å². The summed E-state index contributed by atoms with van der Waals surface area (Å²) >= 11 is 0. The minimum Gasteiger partial charge on any atom is -0.460 e. The van der Waals surface area contributed by atoms with Crippen LogP contribution in [0, 0.1) is 0 Å². The highest BCUT2D eigenvalue weighted by atomic mass is 19.4. The molecule has 5 nitrogen and oxygen atoms in total. The molecular weight excluding hydrogens is 291 g/mol. The summed E-state index contributed by atoms with van der Waals surface area (Å²) in [7, 11) is 0. The Labute approximate surface area is 119 Å². The summed E-state index contributed by atoms with van der Waals surface area (Å²) in [5.41, 5.74) is -1.34. The lowest BCUT2D eigenvalue weighted by Gasteiger charge is -2.20. The van der Waals surface area contributed by atoms with Crippen molar-refractivity contribution in [1.82, 2.24) is 4.98 Å². The third kappa shape index (κ3) is 3.96. The molecule has 1 aliphatic heterocycles. The number of hydrogen-bond donors (Lipinski definition) is 0. The molecule has 0 N–H and O–H groups in total. The maximum absolute atomic E-state index is 12.9. The number of alkyl halides is 3. The maximum atomic E-state index is 12.9. The van der Waals surface area contributed by atoms with E-state index in [0.717, 1.165) is 19.3 Å². The average molecular weight is 307 g/mol. The average Bonchev–Trinajstić information content (AvgIpc) is 2.84. The van der Waals surface area contributed by atoms with Crippen LogP contribution in [0.1, 0.15) is 48.3 Å². The smallest absolute Gasteiger partial charge is 0.437 e. The highest BCUT2D eigenvalue weighted by Crippen LogP contribution is 2.33. The largest absolute Gasteiger partial charge is 0.460 e. The number of ether oxygens (including phenoxy) is 2. The molecule has 0 saturated carbocycles. The first-order valence-corrected chi connectivity index (χ1v) is 6.77. The number of esters is 1. The summed E-state index contributed by atoms with van der Waals surface area (Å²) in [5.74, 6) is -2.21. The Kier molecular flexibility index (Phi) is 4.87. The van der Waals surface area contributed by atoms with E-state index < -0.39 is 23.6 Å². The van der Waals surface area contributed by atoms with Crippen LogP contribution >= 0.6 is 0 Å². The van der Waals surface area contributed by atoms with Crippen LogP contribution in [-0.4, -0.2) is 30.3 Å². The molecule has 0 bridgehead atoms. The zero-order valence-electron chi connectivity index (χ0n) is 11.5. The Hall–Kier alpha value is -1.57. The van der Waals surface area contributed by atoms with Crippen molar-refractivity contribution in [1.29, 1.82) is 0 Å². The first kappa shape index (κ1) is 15.8. The molecular formula is C13H16F3NO4. The Balaban J connectivity index is 2.20. The van der Waals surface area contributed by atoms with E-state index in [9.17, 15) is 18.0 Å². The second-order valence-corrected chi connectivity index (χ2v) is 4.70. The molecule has 1 fully saturated rings. The molecule has 8 heteroatoms. The van der Waals surface area contributed by atoms with Gasteiger partial charge in [-0.3, -0.25) is 0 Å². The Morgan fingerprint density at radius 1 is 1.43 bits per heavy atom. The van der Waals surface area contributed by atoms with Gasteiger partial charge in [0.15, 0.2) is 11.6 Å². The van der Waals surface area contributed by atoms with Crippen LogP contribution in [0.25, 0.3) is 0 Å². The van der Waals surface area contributed by atoms with Gasteiger partial charge in [0.2, 0.25) is 5.76 Å². The molecule has 1 aliphatic rings. The fraction of sp³-hybridized carbons (Fsp3) is 0.692. The predicted octanol–water partition coefficient (Wildman–Crippen LogP) is 2.98. The Morgan fingerprint density at radius 2 is 2.19 bits per heavy atom. The van der Waals surface area contributed by atoms with E-state index >= 15 is 0 Å². The van der Waals surface area contributed by atoms with Gasteiger partial charge in [0, 0.05) is 6.61 Å². The van der Waals surface area contributed by atoms with Gasteiger partial charge < -0.3 is 13.9 Å². The monoisotopic (exact) mass is 307 g/mol. The molecule has 0 amide bonds. The minimum absolute atomic E-state index is 0.0438. The number of oxazole rings is 1. The first-order chi connectivity index (χ1) is 9.91. The second kappa shape index (κ2) is 6.46. The highest BCUT2D eigenvalue weighted by molar-refractivity contribution is 5.87. The van der Waals surface area contributed by atoms with Crippen LogP contribution in [0.3, 0.4) is 0 Å². The number of nitrogens with zero attached hydrogens (tertiary/aromatic N) is 1. The van der Waals surface area contributed by atoms with Crippen LogP contribution in [-0.2, 0) is 22.1 Å². The molecule has 118 valence electrons. The van der Waals surface area contributed by atoms with Crippen molar-refractivity contribution in [3.05, 3.63) is 17.3 Å². The molecule has 21 heavy (non-hydrogen) atoms. The van der Waals surface area contributed by atoms with Crippen molar-refractivity contribution < 1.29 is 31.9 Å². The summed E-state index contributed by atoms with van der Waals surface area (Å²) < 4.78 is 53.6. The molecule has 2 rings (SSSR count). The Morgan fingerprint density at radius 3 is 2.76 bits per heavy atom. The number of halogens is 3. The van der Waals surface area contributed by atoms with Crippen LogP contribution in [0.2, 0.25) is 0 Å². The third-order valence-corrected chi connectivity index (χ3v) is 3.08. The molecule has 1 saturated heterocycles. The van der Waals surface area contributed by atoms with Gasteiger partial charge in [-0.05, 0) is 26.2 Å². The molecule has 0 spiro atoms. The van der Waals surface area contributed by atoms with Gasteiger partial charge in [-0.2, -0.15) is 13.2 Å². The van der Waals surface area contributed by atoms with Gasteiger partial charge >= 0.3 is 12.1 Å². The normalized spacial score (nSPS) is 19.5. The second-order valence-electron chi connectivity index (χ2n) is 4.70. The number of carbonyl (C=O) groups excluding carboxylic acids is 1. The molecule has 2 heterocycles. The summed E-state index contributed by atoms with van der Waals surface area (Å²) in [6.45, 7) is 2.03. The fourth-order valence-corrected chi connectivity index (χ4v) is 2.14. The van der Waals surface area contributed by atoms with Gasteiger partial charge in [-0.1, -0.05) is 0 Å². The van der Waals surface area contributed by atoms with Gasteiger partial charge in [-0.15, -0.1) is 0 Å². The fourth-order valence-electron chi connectivity index (χ4n) is 2.14. The van der Waals surface area contributed by atoms with Crippen molar-refractivity contribution in [3.8, 4) is 0 Å². The molecule has 1 atom stereocenters. The number of aromatic nitrogens is 1. The zero-order valence-corrected chi connectivity index (χ0v) is 11.5. The predicted molar refractivity (Wildman–Crippen MR) is 64.8 cm³/mol. The lowest BCUT2D eigenvalue weighted by molar-refractivity contribution is -0.141. The van der Waals surface area contributed by atoms with Crippen molar-refractivity contribution in [3.63, 3.8) is 0 Å². The van der Waals surface area contributed by atoms with Gasteiger partial charge in [0.1, 0.15) is 0 Å². The summed E-state index contributed by atoms with van der Waals surface area (Å²) in [6.07, 6.45) is -2.27. The molecule has 1 unspecified atom stereocenters. The molecule has 0 aliphatic carbocycles. The maximum Gasteiger partial charge on any atom is 0.437 e. The third-order valence-electron chi connectivity index (χ3n) is 3.08. The van der Waals surface area contributed by atoms with E-state index in [0.29, 0.717) is 6.61 Å². The Bertz CT molecular complexity index is 492. The van der Waals surface area contributed by atoms with Crippen LogP contribution in [0.15, 0.2) is 4.42 Å². The van der Waals surface area contributed by atoms with E-state index in [1.165, 1.54) is 6.92 Å². The van der Waals surface area contributed by atoms with Crippen molar-refractivity contribution in [2.45, 2.75) is 44.9 Å². The minimum atomic E-state index is -4.77. The van der Waals surface area contributed by atoms with E-state index in [4.69, 9.17) is 9.15 Å².